The number of halogens is 2. The van der Waals surface area contributed by atoms with Crippen LogP contribution in [0.15, 0.2) is 18.2 Å². The second-order valence-corrected chi connectivity index (χ2v) is 3.04. The maximum absolute atomic E-state index is 12.1. The molecule has 1 heterocycles. The first-order chi connectivity index (χ1) is 7.20. The normalized spacial score (nSPS) is 15.3. The van der Waals surface area contributed by atoms with Gasteiger partial charge in [0, 0.05) is 18.8 Å². The van der Waals surface area contributed by atoms with Crippen molar-refractivity contribution in [3.8, 4) is 0 Å². The van der Waals surface area contributed by atoms with Gasteiger partial charge in [-0.3, -0.25) is 0 Å². The Labute approximate surface area is 87.2 Å². The molecular weight excluding hydrogens is 202 g/mol. The van der Waals surface area contributed by atoms with Crippen LogP contribution in [0.5, 0.6) is 0 Å². The van der Waals surface area contributed by atoms with Crippen LogP contribution >= 0.6 is 0 Å². The zero-order valence-corrected chi connectivity index (χ0v) is 8.30. The third-order valence-electron chi connectivity index (χ3n) is 1.79. The Morgan fingerprint density at radius 3 is 2.13 bits per heavy atom. The first-order valence-electron chi connectivity index (χ1n) is 4.69. The average Bonchev–Trinajstić information content (AvgIpc) is 2.27. The number of benzene rings is 1. The van der Waals surface area contributed by atoms with Gasteiger partial charge in [0.15, 0.2) is 11.6 Å². The summed E-state index contributed by atoms with van der Waals surface area (Å²) in [5, 5.41) is 3.16. The Bertz CT molecular complexity index is 292. The molecule has 0 amide bonds. The van der Waals surface area contributed by atoms with Crippen molar-refractivity contribution < 1.29 is 13.5 Å². The average molecular weight is 216 g/mol. The summed E-state index contributed by atoms with van der Waals surface area (Å²) in [5.41, 5.74) is 5.35. The van der Waals surface area contributed by atoms with Gasteiger partial charge in [-0.1, -0.05) is 0 Å². The molecule has 3 nitrogen and oxygen atoms in total. The van der Waals surface area contributed by atoms with Crippen molar-refractivity contribution in [2.24, 2.45) is 0 Å². The van der Waals surface area contributed by atoms with Gasteiger partial charge in [-0.05, 0) is 18.2 Å². The number of nitrogens with one attached hydrogen (secondary N) is 1. The van der Waals surface area contributed by atoms with Gasteiger partial charge in [0.25, 0.3) is 0 Å². The van der Waals surface area contributed by atoms with Gasteiger partial charge in [-0.15, -0.1) is 0 Å². The Balaban J connectivity index is 0.000000162. The molecule has 1 aromatic carbocycles. The maximum atomic E-state index is 12.1. The molecule has 0 atom stereocenters. The van der Waals surface area contributed by atoms with Crippen LogP contribution in [-0.4, -0.2) is 26.3 Å². The van der Waals surface area contributed by atoms with E-state index >= 15 is 0 Å². The second kappa shape index (κ2) is 6.31. The third-order valence-corrected chi connectivity index (χ3v) is 1.79. The van der Waals surface area contributed by atoms with Crippen LogP contribution in [0.25, 0.3) is 0 Å². The van der Waals surface area contributed by atoms with Crippen molar-refractivity contribution in [2.75, 3.05) is 32.0 Å². The number of morpholine rings is 1. The monoisotopic (exact) mass is 216 g/mol. The molecule has 0 unspecified atom stereocenters. The fourth-order valence-electron chi connectivity index (χ4n) is 1.03. The number of nitrogen functional groups attached to an aromatic ring is 1. The molecule has 3 N–H and O–H groups in total. The van der Waals surface area contributed by atoms with E-state index in [4.69, 9.17) is 10.5 Å². The van der Waals surface area contributed by atoms with Crippen molar-refractivity contribution in [3.63, 3.8) is 0 Å². The molecule has 0 aromatic heterocycles. The highest BCUT2D eigenvalue weighted by Gasteiger charge is 1.98. The molecule has 1 aliphatic heterocycles. The molecule has 1 aliphatic rings. The molecule has 0 saturated carbocycles. The van der Waals surface area contributed by atoms with Gasteiger partial charge in [-0.2, -0.15) is 0 Å². The smallest absolute Gasteiger partial charge is 0.160 e. The maximum Gasteiger partial charge on any atom is 0.160 e. The van der Waals surface area contributed by atoms with Crippen LogP contribution in [0.2, 0.25) is 0 Å². The van der Waals surface area contributed by atoms with Crippen molar-refractivity contribution in [1.29, 1.82) is 0 Å². The molecule has 1 aromatic rings. The van der Waals surface area contributed by atoms with E-state index in [1.54, 1.807) is 0 Å². The highest BCUT2D eigenvalue weighted by Crippen LogP contribution is 2.08. The molecule has 2 rings (SSSR count). The SMILES string of the molecule is C1COCCN1.Nc1ccc(F)c(F)c1. The molecule has 0 spiro atoms. The van der Waals surface area contributed by atoms with Crippen LogP contribution in [0, 0.1) is 11.6 Å². The largest absolute Gasteiger partial charge is 0.399 e. The number of hydrogen-bond acceptors (Lipinski definition) is 3. The minimum absolute atomic E-state index is 0.230. The zero-order chi connectivity index (χ0) is 11.1. The van der Waals surface area contributed by atoms with E-state index in [9.17, 15) is 8.78 Å². The number of rotatable bonds is 0. The quantitative estimate of drug-likeness (QED) is 0.640. The molecule has 0 bridgehead atoms. The Morgan fingerprint density at radius 1 is 1.13 bits per heavy atom. The lowest BCUT2D eigenvalue weighted by molar-refractivity contribution is 0.109. The van der Waals surface area contributed by atoms with Gasteiger partial charge in [-0.25, -0.2) is 8.78 Å². The predicted octanol–water partition coefficient (Wildman–Crippen LogP) is 1.15. The van der Waals surface area contributed by atoms with E-state index in [0.717, 1.165) is 38.4 Å². The highest BCUT2D eigenvalue weighted by molar-refractivity contribution is 5.37. The van der Waals surface area contributed by atoms with Gasteiger partial charge in [0.05, 0.1) is 13.2 Å². The van der Waals surface area contributed by atoms with Crippen LogP contribution in [0.3, 0.4) is 0 Å². The van der Waals surface area contributed by atoms with Crippen molar-refractivity contribution in [1.82, 2.24) is 5.32 Å². The molecule has 0 radical (unpaired) electrons. The predicted molar refractivity (Wildman–Crippen MR) is 54.5 cm³/mol. The fourth-order valence-corrected chi connectivity index (χ4v) is 1.03. The summed E-state index contributed by atoms with van der Waals surface area (Å²) in [5.74, 6) is -1.78. The summed E-state index contributed by atoms with van der Waals surface area (Å²) >= 11 is 0. The molecule has 0 aliphatic carbocycles. The standard InChI is InChI=1S/C6H5F2N.C4H9NO/c7-5-2-1-4(9)3-6(5)8;1-3-6-4-2-5-1/h1-3H,9H2;5H,1-4H2. The lowest BCUT2D eigenvalue weighted by atomic mass is 10.3. The lowest BCUT2D eigenvalue weighted by Gasteiger charge is -2.10. The molecular formula is C10H14F2N2O. The topological polar surface area (TPSA) is 47.3 Å². The van der Waals surface area contributed by atoms with E-state index in [0.29, 0.717) is 0 Å². The molecule has 1 fully saturated rings. The second-order valence-electron chi connectivity index (χ2n) is 3.04. The van der Waals surface area contributed by atoms with Gasteiger partial charge in [0.1, 0.15) is 0 Å². The highest BCUT2D eigenvalue weighted by atomic mass is 19.2. The van der Waals surface area contributed by atoms with Crippen LogP contribution in [-0.2, 0) is 4.74 Å². The molecule has 15 heavy (non-hydrogen) atoms. The summed E-state index contributed by atoms with van der Waals surface area (Å²) < 4.78 is 29.2. The Hall–Kier alpha value is -1.20. The van der Waals surface area contributed by atoms with Crippen molar-refractivity contribution in [3.05, 3.63) is 29.8 Å². The van der Waals surface area contributed by atoms with Gasteiger partial charge >= 0.3 is 0 Å². The third kappa shape index (κ3) is 4.71. The minimum Gasteiger partial charge on any atom is -0.399 e. The minimum atomic E-state index is -0.907. The van der Waals surface area contributed by atoms with Gasteiger partial charge in [0.2, 0.25) is 0 Å². The Morgan fingerprint density at radius 2 is 1.80 bits per heavy atom. The van der Waals surface area contributed by atoms with E-state index in [2.05, 4.69) is 5.32 Å². The van der Waals surface area contributed by atoms with Crippen LogP contribution in [0.4, 0.5) is 14.5 Å². The number of anilines is 1. The number of nitrogens with two attached hydrogens (primary N) is 1. The summed E-state index contributed by atoms with van der Waals surface area (Å²) in [6.07, 6.45) is 0. The van der Waals surface area contributed by atoms with E-state index in [1.165, 1.54) is 6.07 Å². The van der Waals surface area contributed by atoms with E-state index < -0.39 is 11.6 Å². The summed E-state index contributed by atoms with van der Waals surface area (Å²) in [6.45, 7) is 3.83. The first kappa shape index (κ1) is 11.9. The van der Waals surface area contributed by atoms with E-state index in [-0.39, 0.29) is 5.69 Å². The fraction of sp³-hybridized carbons (Fsp3) is 0.400. The summed E-state index contributed by atoms with van der Waals surface area (Å²) in [6, 6.07) is 3.23. The first-order valence-corrected chi connectivity index (χ1v) is 4.69. The molecule has 84 valence electrons. The number of ether oxygens (including phenoxy) is 1. The summed E-state index contributed by atoms with van der Waals surface area (Å²) in [7, 11) is 0. The number of hydrogen-bond donors (Lipinski definition) is 2. The van der Waals surface area contributed by atoms with Crippen molar-refractivity contribution >= 4 is 5.69 Å². The van der Waals surface area contributed by atoms with Crippen LogP contribution < -0.4 is 11.1 Å². The van der Waals surface area contributed by atoms with Crippen LogP contribution in [0.1, 0.15) is 0 Å². The Kier molecular flexibility index (Phi) is 5.00. The lowest BCUT2D eigenvalue weighted by Crippen LogP contribution is -2.30. The summed E-state index contributed by atoms with van der Waals surface area (Å²) in [4.78, 5) is 0. The van der Waals surface area contributed by atoms with E-state index in [1.807, 2.05) is 0 Å². The van der Waals surface area contributed by atoms with Crippen molar-refractivity contribution in [2.45, 2.75) is 0 Å². The molecule has 5 heteroatoms. The molecule has 1 saturated heterocycles. The zero-order valence-electron chi connectivity index (χ0n) is 8.30. The van der Waals surface area contributed by atoms with Gasteiger partial charge < -0.3 is 15.8 Å².